The molecule has 2 aliphatic rings. The minimum absolute atomic E-state index is 0.0809. The number of nitrogens with zero attached hydrogens (tertiary/aromatic N) is 6. The molecule has 10 nitrogen and oxygen atoms in total. The number of amides is 1. The maximum atomic E-state index is 13.0. The molecule has 0 spiro atoms. The Morgan fingerprint density at radius 3 is 2.97 bits per heavy atom. The molecule has 32 heavy (non-hydrogen) atoms. The lowest BCUT2D eigenvalue weighted by molar-refractivity contribution is -0.117. The van der Waals surface area contributed by atoms with Crippen LogP contribution in [-0.4, -0.2) is 48.3 Å². The highest BCUT2D eigenvalue weighted by Crippen LogP contribution is 2.39. The SMILES string of the molecule is O=C(Nc1cccnc1)C1CCCN1c1nc(Nc2cc(C3CC3)[nH]n2)c2cccn2n1. The molecule has 0 aromatic carbocycles. The van der Waals surface area contributed by atoms with Gasteiger partial charge < -0.3 is 15.5 Å². The Morgan fingerprint density at radius 1 is 1.19 bits per heavy atom. The number of fused-ring (bicyclic) bond motifs is 1. The molecule has 1 amide bonds. The normalized spacial score (nSPS) is 18.2. The van der Waals surface area contributed by atoms with E-state index in [0.717, 1.165) is 29.9 Å². The molecule has 1 aliphatic carbocycles. The second-order valence-corrected chi connectivity index (χ2v) is 8.29. The van der Waals surface area contributed by atoms with Gasteiger partial charge in [0.05, 0.1) is 11.9 Å². The first kappa shape index (κ1) is 18.8. The lowest BCUT2D eigenvalue weighted by Gasteiger charge is -2.24. The van der Waals surface area contributed by atoms with Gasteiger partial charge in [0.1, 0.15) is 11.6 Å². The number of hydrogen-bond donors (Lipinski definition) is 3. The third kappa shape index (κ3) is 3.53. The van der Waals surface area contributed by atoms with Gasteiger partial charge in [-0.1, -0.05) is 0 Å². The number of rotatable bonds is 6. The van der Waals surface area contributed by atoms with Gasteiger partial charge in [-0.3, -0.25) is 14.9 Å². The number of H-pyrrole nitrogens is 1. The molecular formula is C22H23N9O. The number of anilines is 4. The molecule has 4 aromatic rings. The van der Waals surface area contributed by atoms with Crippen LogP contribution in [0.3, 0.4) is 0 Å². The van der Waals surface area contributed by atoms with Crippen LogP contribution >= 0.6 is 0 Å². The van der Waals surface area contributed by atoms with E-state index in [-0.39, 0.29) is 11.9 Å². The van der Waals surface area contributed by atoms with Crippen molar-refractivity contribution in [2.24, 2.45) is 0 Å². The maximum Gasteiger partial charge on any atom is 0.247 e. The number of carbonyl (C=O) groups is 1. The highest BCUT2D eigenvalue weighted by atomic mass is 16.2. The summed E-state index contributed by atoms with van der Waals surface area (Å²) in [7, 11) is 0. The van der Waals surface area contributed by atoms with Gasteiger partial charge in [-0.05, 0) is 49.9 Å². The Balaban J connectivity index is 1.28. The number of aromatic amines is 1. The minimum Gasteiger partial charge on any atom is -0.327 e. The van der Waals surface area contributed by atoms with Crippen molar-refractivity contribution < 1.29 is 4.79 Å². The molecule has 1 saturated heterocycles. The van der Waals surface area contributed by atoms with E-state index in [1.165, 1.54) is 12.8 Å². The van der Waals surface area contributed by atoms with E-state index in [1.54, 1.807) is 23.0 Å². The van der Waals surface area contributed by atoms with Crippen LogP contribution < -0.4 is 15.5 Å². The third-order valence-electron chi connectivity index (χ3n) is 5.98. The molecular weight excluding hydrogens is 406 g/mol. The van der Waals surface area contributed by atoms with Crippen molar-refractivity contribution in [2.75, 3.05) is 22.1 Å². The largest absolute Gasteiger partial charge is 0.327 e. The fraction of sp³-hybridized carbons (Fsp3) is 0.318. The lowest BCUT2D eigenvalue weighted by atomic mass is 10.2. The molecule has 10 heteroatoms. The molecule has 1 atom stereocenters. The minimum atomic E-state index is -0.345. The van der Waals surface area contributed by atoms with E-state index in [4.69, 9.17) is 4.98 Å². The van der Waals surface area contributed by atoms with Gasteiger partial charge in [0.25, 0.3) is 0 Å². The van der Waals surface area contributed by atoms with Gasteiger partial charge in [-0.25, -0.2) is 4.52 Å². The number of hydrogen-bond acceptors (Lipinski definition) is 7. The summed E-state index contributed by atoms with van der Waals surface area (Å²) in [6.45, 7) is 0.714. The second kappa shape index (κ2) is 7.63. The van der Waals surface area contributed by atoms with Gasteiger partial charge in [-0.15, -0.1) is 5.10 Å². The van der Waals surface area contributed by atoms with Gasteiger partial charge >= 0.3 is 0 Å². The zero-order valence-corrected chi connectivity index (χ0v) is 17.4. The van der Waals surface area contributed by atoms with E-state index in [2.05, 4.69) is 30.9 Å². The van der Waals surface area contributed by atoms with Crippen molar-refractivity contribution in [1.29, 1.82) is 0 Å². The summed E-state index contributed by atoms with van der Waals surface area (Å²) in [6.07, 6.45) is 9.25. The summed E-state index contributed by atoms with van der Waals surface area (Å²) in [5, 5.41) is 18.5. The molecule has 4 aromatic heterocycles. The van der Waals surface area contributed by atoms with Crippen LogP contribution in [0.15, 0.2) is 48.9 Å². The second-order valence-electron chi connectivity index (χ2n) is 8.29. The van der Waals surface area contributed by atoms with Crippen LogP contribution in [0, 0.1) is 0 Å². The summed E-state index contributed by atoms with van der Waals surface area (Å²) < 4.78 is 1.79. The van der Waals surface area contributed by atoms with Crippen LogP contribution in [0.4, 0.5) is 23.3 Å². The molecule has 1 saturated carbocycles. The monoisotopic (exact) mass is 429 g/mol. The van der Waals surface area contributed by atoms with Crippen molar-refractivity contribution in [1.82, 2.24) is 29.8 Å². The Bertz CT molecular complexity index is 1260. The zero-order chi connectivity index (χ0) is 21.5. The highest BCUT2D eigenvalue weighted by Gasteiger charge is 2.33. The fourth-order valence-corrected chi connectivity index (χ4v) is 4.20. The summed E-state index contributed by atoms with van der Waals surface area (Å²) in [4.78, 5) is 23.8. The van der Waals surface area contributed by atoms with Gasteiger partial charge in [0.2, 0.25) is 11.9 Å². The number of pyridine rings is 1. The van der Waals surface area contributed by atoms with Crippen LogP contribution in [-0.2, 0) is 4.79 Å². The molecule has 2 fully saturated rings. The predicted octanol–water partition coefficient (Wildman–Crippen LogP) is 3.08. The number of nitrogens with one attached hydrogen (secondary N) is 3. The van der Waals surface area contributed by atoms with Crippen molar-refractivity contribution in [3.05, 3.63) is 54.6 Å². The summed E-state index contributed by atoms with van der Waals surface area (Å²) in [6, 6.07) is 9.20. The van der Waals surface area contributed by atoms with Crippen LogP contribution in [0.1, 0.15) is 37.3 Å². The molecule has 1 unspecified atom stereocenters. The van der Waals surface area contributed by atoms with E-state index in [9.17, 15) is 4.79 Å². The van der Waals surface area contributed by atoms with Crippen molar-refractivity contribution >= 4 is 34.7 Å². The number of aromatic nitrogens is 6. The molecule has 1 aliphatic heterocycles. The predicted molar refractivity (Wildman–Crippen MR) is 120 cm³/mol. The first-order chi connectivity index (χ1) is 15.7. The van der Waals surface area contributed by atoms with E-state index >= 15 is 0 Å². The summed E-state index contributed by atoms with van der Waals surface area (Å²) in [5.74, 6) is 2.41. The molecule has 3 N–H and O–H groups in total. The fourth-order valence-electron chi connectivity index (χ4n) is 4.20. The van der Waals surface area contributed by atoms with Crippen LogP contribution in [0.25, 0.3) is 5.52 Å². The standard InChI is InChI=1S/C22H23N9O/c32-21(24-15-4-1-9-23-13-15)18-6-2-10-30(18)22-26-20(17-5-3-11-31(17)29-22)25-19-12-16(27-28-19)14-7-8-14/h1,3-5,9,11-14,18H,2,6-8,10H2,(H,24,32)(H2,25,26,27,28,29). The van der Waals surface area contributed by atoms with Crippen molar-refractivity contribution in [3.63, 3.8) is 0 Å². The smallest absolute Gasteiger partial charge is 0.247 e. The molecule has 0 radical (unpaired) electrons. The average molecular weight is 429 g/mol. The third-order valence-corrected chi connectivity index (χ3v) is 5.98. The Kier molecular flexibility index (Phi) is 4.48. The Hall–Kier alpha value is -3.95. The average Bonchev–Trinajstić information content (AvgIpc) is 3.20. The summed E-state index contributed by atoms with van der Waals surface area (Å²) >= 11 is 0. The summed E-state index contributed by atoms with van der Waals surface area (Å²) in [5.41, 5.74) is 2.68. The van der Waals surface area contributed by atoms with E-state index in [1.807, 2.05) is 35.4 Å². The lowest BCUT2D eigenvalue weighted by Crippen LogP contribution is -2.40. The Morgan fingerprint density at radius 2 is 2.12 bits per heavy atom. The maximum absolute atomic E-state index is 13.0. The first-order valence-corrected chi connectivity index (χ1v) is 10.9. The zero-order valence-electron chi connectivity index (χ0n) is 17.4. The van der Waals surface area contributed by atoms with E-state index < -0.39 is 0 Å². The molecule has 6 rings (SSSR count). The quantitative estimate of drug-likeness (QED) is 0.431. The van der Waals surface area contributed by atoms with Crippen LogP contribution in [0.2, 0.25) is 0 Å². The van der Waals surface area contributed by atoms with Gasteiger partial charge in [0.15, 0.2) is 11.6 Å². The molecule has 5 heterocycles. The van der Waals surface area contributed by atoms with E-state index in [0.29, 0.717) is 29.9 Å². The first-order valence-electron chi connectivity index (χ1n) is 10.9. The highest BCUT2D eigenvalue weighted by molar-refractivity contribution is 5.97. The Labute approximate surface area is 184 Å². The van der Waals surface area contributed by atoms with Crippen molar-refractivity contribution in [3.8, 4) is 0 Å². The molecule has 162 valence electrons. The van der Waals surface area contributed by atoms with Crippen LogP contribution in [0.5, 0.6) is 0 Å². The van der Waals surface area contributed by atoms with Gasteiger partial charge in [0, 0.05) is 36.6 Å². The topological polar surface area (TPSA) is 116 Å². The number of carbonyl (C=O) groups excluding carboxylic acids is 1. The van der Waals surface area contributed by atoms with Crippen molar-refractivity contribution in [2.45, 2.75) is 37.6 Å². The molecule has 0 bridgehead atoms. The van der Waals surface area contributed by atoms with Gasteiger partial charge in [-0.2, -0.15) is 10.1 Å².